The first-order valence-corrected chi connectivity index (χ1v) is 23.7. The molecule has 0 atom stereocenters. The number of nitrogens with zero attached hydrogens (tertiary/aromatic N) is 3. The van der Waals surface area contributed by atoms with Gasteiger partial charge in [0.1, 0.15) is 11.6 Å². The molecule has 0 aliphatic carbocycles. The van der Waals surface area contributed by atoms with Crippen LogP contribution in [0, 0.1) is 12.3 Å². The molecule has 2 heterocycles. The van der Waals surface area contributed by atoms with Gasteiger partial charge in [0, 0.05) is 35.3 Å². The summed E-state index contributed by atoms with van der Waals surface area (Å²) in [4.78, 5) is 10.3. The maximum atomic E-state index is 12.8. The Balaban J connectivity index is 1.48. The van der Waals surface area contributed by atoms with Gasteiger partial charge in [0.2, 0.25) is 0 Å². The summed E-state index contributed by atoms with van der Waals surface area (Å²) < 4.78 is 83.6. The van der Waals surface area contributed by atoms with Crippen molar-refractivity contribution in [2.45, 2.75) is 139 Å². The van der Waals surface area contributed by atoms with Crippen LogP contribution < -0.4 is 0 Å². The van der Waals surface area contributed by atoms with Gasteiger partial charge in [0.15, 0.2) is 0 Å². The van der Waals surface area contributed by atoms with Crippen molar-refractivity contribution >= 4 is 11.0 Å². The van der Waals surface area contributed by atoms with E-state index in [9.17, 15) is 10.6 Å². The van der Waals surface area contributed by atoms with Crippen molar-refractivity contribution in [2.75, 3.05) is 0 Å². The van der Waals surface area contributed by atoms with Crippen LogP contribution in [0.15, 0.2) is 133 Å². The Labute approximate surface area is 420 Å². The number of pyridine rings is 1. The fraction of sp³-hybridized carbons (Fsp3) is 0.344. The summed E-state index contributed by atoms with van der Waals surface area (Å²) in [6.45, 7) is 27.4. The number of para-hydroxylation sites is 1. The van der Waals surface area contributed by atoms with Crippen molar-refractivity contribution in [2.24, 2.45) is 5.41 Å². The number of imidazole rings is 1. The van der Waals surface area contributed by atoms with E-state index in [2.05, 4.69) is 77.9 Å². The molecular weight excluding hydrogens is 827 g/mol. The van der Waals surface area contributed by atoms with Gasteiger partial charge >= 0.3 is 0 Å². The zero-order chi connectivity index (χ0) is 57.1. The van der Waals surface area contributed by atoms with E-state index in [-0.39, 0.29) is 63.2 Å². The molecule has 2 aromatic heterocycles. The van der Waals surface area contributed by atoms with Crippen LogP contribution in [-0.2, 0) is 28.0 Å². The number of hydrogen-bond acceptors (Lipinski definition) is 3. The summed E-state index contributed by atoms with van der Waals surface area (Å²) >= 11 is 0. The lowest BCUT2D eigenvalue weighted by molar-refractivity contribution is 0.411. The van der Waals surface area contributed by atoms with Crippen LogP contribution in [0.2, 0.25) is 0 Å². The van der Waals surface area contributed by atoms with E-state index in [4.69, 9.17) is 16.8 Å². The van der Waals surface area contributed by atoms with Gasteiger partial charge in [-0.05, 0) is 133 Å². The largest absolute Gasteiger partial charge is 0.507 e. The van der Waals surface area contributed by atoms with E-state index in [1.165, 1.54) is 18.3 Å². The SMILES string of the molecule is [2H]c1cc(C([2H])([2H])C(C)(C)C)cc([2H])c1-c1cc(-c2cc(-c3cccc4c3nc(-c3c([2H])c(C(C)(C)C)c([2H])c(C(C)(C)C)c3O)n4-c3ccc(C(C)(C)C)cc3-c3ccccc3)cc(C(C)(C)C)c2)ncc1C([2H])([2H])[2H]. The zero-order valence-corrected chi connectivity index (χ0v) is 42.7. The summed E-state index contributed by atoms with van der Waals surface area (Å²) in [5, 5.41) is 12.8. The molecule has 8 aromatic rings. The molecule has 0 saturated heterocycles. The quantitative estimate of drug-likeness (QED) is 0.173. The number of phenolic OH excluding ortho intramolecular Hbond substituents is 1. The van der Waals surface area contributed by atoms with E-state index >= 15 is 0 Å². The van der Waals surface area contributed by atoms with Crippen LogP contribution in [0.25, 0.3) is 72.7 Å². The molecule has 0 aliphatic heterocycles. The molecule has 68 heavy (non-hydrogen) atoms. The maximum absolute atomic E-state index is 12.8. The molecule has 0 unspecified atom stereocenters. The van der Waals surface area contributed by atoms with E-state index < -0.39 is 34.9 Å². The summed E-state index contributed by atoms with van der Waals surface area (Å²) in [6, 6.07) is 32.9. The van der Waals surface area contributed by atoms with Crippen LogP contribution in [-0.4, -0.2) is 19.6 Å². The van der Waals surface area contributed by atoms with Crippen LogP contribution >= 0.6 is 0 Å². The third-order valence-electron chi connectivity index (χ3n) is 12.4. The third-order valence-corrected chi connectivity index (χ3v) is 12.4. The Morgan fingerprint density at radius 3 is 1.85 bits per heavy atom. The molecular formula is C64H73N3O. The Bertz CT molecular complexity index is 3550. The number of hydrogen-bond donors (Lipinski definition) is 1. The topological polar surface area (TPSA) is 50.9 Å². The minimum atomic E-state index is -2.66. The van der Waals surface area contributed by atoms with Crippen LogP contribution in [0.1, 0.15) is 150 Å². The normalized spacial score (nSPS) is 15.1. The molecule has 0 bridgehead atoms. The molecule has 4 heteroatoms. The Hall–Kier alpha value is -6.26. The van der Waals surface area contributed by atoms with Gasteiger partial charge in [-0.2, -0.15) is 0 Å². The summed E-state index contributed by atoms with van der Waals surface area (Å²) in [6.07, 6.45) is -0.587. The second-order valence-corrected chi connectivity index (χ2v) is 23.5. The second-order valence-electron chi connectivity index (χ2n) is 23.5. The molecule has 4 nitrogen and oxygen atoms in total. The van der Waals surface area contributed by atoms with E-state index in [0.717, 1.165) is 39.1 Å². The standard InChI is InChI=1S/C64H73N3O/c1-40-39-65-54(37-50(40)43-27-25-41(26-28-43)38-60(2,3)4)45-31-44(32-47(33-45)62(8,9)10)49-23-20-24-56-57(49)66-59(52-35-48(63(11,12)13)36-53(58(52)68)64(14,15)16)67(56)55-30-29-46(61(5,6)7)34-51(55)42-21-18-17-19-22-42/h17-37,39,68H,38H2,1-16H3/i1D3,27D,28D,35D,36D,38D2. The number of aromatic nitrogens is 3. The summed E-state index contributed by atoms with van der Waals surface area (Å²) in [7, 11) is 0. The maximum Gasteiger partial charge on any atom is 0.149 e. The zero-order valence-electron chi connectivity index (χ0n) is 51.7. The molecule has 0 amide bonds. The third kappa shape index (κ3) is 9.84. The van der Waals surface area contributed by atoms with E-state index in [1.807, 2.05) is 94.6 Å². The molecule has 6 aromatic carbocycles. The van der Waals surface area contributed by atoms with Crippen molar-refractivity contribution in [1.29, 1.82) is 0 Å². The molecule has 1 N–H and O–H groups in total. The van der Waals surface area contributed by atoms with Crippen molar-refractivity contribution in [1.82, 2.24) is 14.5 Å². The molecule has 0 saturated carbocycles. The predicted molar refractivity (Wildman–Crippen MR) is 290 cm³/mol. The predicted octanol–water partition coefficient (Wildman–Crippen LogP) is 17.5. The van der Waals surface area contributed by atoms with Gasteiger partial charge in [0.25, 0.3) is 0 Å². The lowest BCUT2D eigenvalue weighted by atomic mass is 9.79. The fourth-order valence-electron chi connectivity index (χ4n) is 8.62. The van der Waals surface area contributed by atoms with Gasteiger partial charge in [-0.15, -0.1) is 0 Å². The number of benzene rings is 6. The average molecular weight is 909 g/mol. The molecule has 0 fully saturated rings. The highest BCUT2D eigenvalue weighted by atomic mass is 16.3. The smallest absolute Gasteiger partial charge is 0.149 e. The summed E-state index contributed by atoms with van der Waals surface area (Å²) in [5.74, 6) is 0.171. The lowest BCUT2D eigenvalue weighted by Gasteiger charge is -2.28. The number of rotatable bonds is 7. The first kappa shape index (κ1) is 37.7. The van der Waals surface area contributed by atoms with Gasteiger partial charge in [-0.25, -0.2) is 4.98 Å². The van der Waals surface area contributed by atoms with Crippen molar-refractivity contribution < 1.29 is 17.4 Å². The monoisotopic (exact) mass is 909 g/mol. The minimum absolute atomic E-state index is 0.0207. The highest BCUT2D eigenvalue weighted by Gasteiger charge is 2.30. The van der Waals surface area contributed by atoms with E-state index in [1.54, 1.807) is 26.8 Å². The molecule has 350 valence electrons. The first-order valence-electron chi connectivity index (χ1n) is 28.2. The Morgan fingerprint density at radius 2 is 1.24 bits per heavy atom. The van der Waals surface area contributed by atoms with Crippen LogP contribution in [0.4, 0.5) is 0 Å². The average Bonchev–Trinajstić information content (AvgIpc) is 3.67. The van der Waals surface area contributed by atoms with Gasteiger partial charge in [-0.3, -0.25) is 9.55 Å². The molecule has 8 rings (SSSR count). The first-order chi connectivity index (χ1) is 35.3. The summed E-state index contributed by atoms with van der Waals surface area (Å²) in [5.41, 5.74) is 7.15. The molecule has 0 radical (unpaired) electrons. The highest BCUT2D eigenvalue weighted by Crippen LogP contribution is 2.46. The number of aryl methyl sites for hydroxylation is 1. The second kappa shape index (κ2) is 17.4. The van der Waals surface area contributed by atoms with Crippen LogP contribution in [0.3, 0.4) is 0 Å². The number of phenols is 1. The minimum Gasteiger partial charge on any atom is -0.507 e. The Kier molecular flexibility index (Phi) is 9.62. The highest BCUT2D eigenvalue weighted by molar-refractivity contribution is 5.98. The van der Waals surface area contributed by atoms with Crippen LogP contribution in [0.5, 0.6) is 5.75 Å². The van der Waals surface area contributed by atoms with Gasteiger partial charge < -0.3 is 5.11 Å². The van der Waals surface area contributed by atoms with Gasteiger partial charge in [0.05, 0.1) is 33.5 Å². The molecule has 0 spiro atoms. The Morgan fingerprint density at radius 1 is 0.574 bits per heavy atom. The number of fused-ring (bicyclic) bond motifs is 1. The van der Waals surface area contributed by atoms with Gasteiger partial charge in [-0.1, -0.05) is 189 Å². The van der Waals surface area contributed by atoms with E-state index in [0.29, 0.717) is 39.2 Å². The number of aromatic hydroxyl groups is 1. The van der Waals surface area contributed by atoms with Crippen molar-refractivity contribution in [3.63, 3.8) is 0 Å². The fourth-order valence-corrected chi connectivity index (χ4v) is 8.62. The molecule has 0 aliphatic rings. The van der Waals surface area contributed by atoms with Crippen molar-refractivity contribution in [3.8, 4) is 67.5 Å². The lowest BCUT2D eigenvalue weighted by Crippen LogP contribution is -2.17. The van der Waals surface area contributed by atoms with Crippen molar-refractivity contribution in [3.05, 3.63) is 167 Å².